The zero-order valence-corrected chi connectivity index (χ0v) is 18.4. The molecule has 1 aliphatic rings. The van der Waals surface area contributed by atoms with Gasteiger partial charge in [0.05, 0.1) is 5.56 Å². The van der Waals surface area contributed by atoms with Gasteiger partial charge in [-0.1, -0.05) is 57.6 Å². The van der Waals surface area contributed by atoms with Crippen LogP contribution >= 0.6 is 0 Å². The van der Waals surface area contributed by atoms with Gasteiger partial charge in [0.25, 0.3) is 0 Å². The van der Waals surface area contributed by atoms with Crippen molar-refractivity contribution in [3.8, 4) is 11.5 Å². The fourth-order valence-electron chi connectivity index (χ4n) is 4.41. The van der Waals surface area contributed by atoms with Crippen LogP contribution in [0.15, 0.2) is 42.5 Å². The Hall–Kier alpha value is -2.38. The van der Waals surface area contributed by atoms with Crippen molar-refractivity contribution in [3.63, 3.8) is 0 Å². The van der Waals surface area contributed by atoms with Gasteiger partial charge in [0, 0.05) is 0 Å². The van der Waals surface area contributed by atoms with Crippen molar-refractivity contribution in [3.05, 3.63) is 59.4 Å². The molecule has 2 aromatic carbocycles. The Morgan fingerprint density at radius 1 is 0.818 bits per heavy atom. The molecule has 182 valence electrons. The lowest BCUT2D eigenvalue weighted by atomic mass is 9.78. The maximum atomic E-state index is 14.4. The quantitative estimate of drug-likeness (QED) is 0.340. The second-order valence-electron chi connectivity index (χ2n) is 8.67. The van der Waals surface area contributed by atoms with Gasteiger partial charge < -0.3 is 9.47 Å². The van der Waals surface area contributed by atoms with E-state index in [9.17, 15) is 26.3 Å². The van der Waals surface area contributed by atoms with Gasteiger partial charge in [-0.2, -0.15) is 8.78 Å². The standard InChI is InChI=1S/C25H28F6O2/c1-2-3-17-4-6-18(7-5-17)8-9-19-10-13-21(14-11-19)32-24(27,28)20-12-15-23(22(26)16-20)33-25(29,30)31/h10-18H,2-9H2,1H3. The summed E-state index contributed by atoms with van der Waals surface area (Å²) in [5, 5.41) is 0. The van der Waals surface area contributed by atoms with Gasteiger partial charge in [0.1, 0.15) is 5.75 Å². The Morgan fingerprint density at radius 2 is 1.42 bits per heavy atom. The summed E-state index contributed by atoms with van der Waals surface area (Å²) in [4.78, 5) is 0. The average molecular weight is 474 g/mol. The van der Waals surface area contributed by atoms with Crippen LogP contribution in [0.2, 0.25) is 0 Å². The van der Waals surface area contributed by atoms with E-state index in [1.807, 2.05) is 0 Å². The lowest BCUT2D eigenvalue weighted by Crippen LogP contribution is -2.23. The van der Waals surface area contributed by atoms with Crippen LogP contribution in [0.25, 0.3) is 0 Å². The van der Waals surface area contributed by atoms with Crippen LogP contribution in [0.3, 0.4) is 0 Å². The second kappa shape index (κ2) is 10.7. The molecule has 1 aliphatic carbocycles. The van der Waals surface area contributed by atoms with E-state index < -0.39 is 29.6 Å². The van der Waals surface area contributed by atoms with Gasteiger partial charge in [-0.25, -0.2) is 4.39 Å². The van der Waals surface area contributed by atoms with Crippen molar-refractivity contribution in [2.45, 2.75) is 70.8 Å². The molecule has 0 amide bonds. The molecular weight excluding hydrogens is 446 g/mol. The Balaban J connectivity index is 1.54. The third kappa shape index (κ3) is 7.57. The van der Waals surface area contributed by atoms with E-state index in [0.717, 1.165) is 24.3 Å². The van der Waals surface area contributed by atoms with E-state index in [0.29, 0.717) is 18.1 Å². The van der Waals surface area contributed by atoms with Gasteiger partial charge in [0.15, 0.2) is 11.6 Å². The predicted octanol–water partition coefficient (Wildman–Crippen LogP) is 8.39. The van der Waals surface area contributed by atoms with Gasteiger partial charge in [-0.05, 0) is 60.6 Å². The van der Waals surface area contributed by atoms with E-state index in [1.54, 1.807) is 12.1 Å². The maximum absolute atomic E-state index is 14.4. The lowest BCUT2D eigenvalue weighted by molar-refractivity contribution is -0.275. The molecule has 0 aliphatic heterocycles. The highest BCUT2D eigenvalue weighted by Gasteiger charge is 2.37. The van der Waals surface area contributed by atoms with Gasteiger partial charge >= 0.3 is 12.5 Å². The summed E-state index contributed by atoms with van der Waals surface area (Å²) in [6.07, 6.45) is 0.421. The number of alkyl halides is 5. The Labute approximate surface area is 189 Å². The fourth-order valence-corrected chi connectivity index (χ4v) is 4.41. The number of halogens is 6. The van der Waals surface area contributed by atoms with Crippen LogP contribution in [-0.2, 0) is 12.5 Å². The zero-order valence-electron chi connectivity index (χ0n) is 18.4. The van der Waals surface area contributed by atoms with Crippen LogP contribution in [0, 0.1) is 17.7 Å². The molecule has 0 radical (unpaired) electrons. The van der Waals surface area contributed by atoms with E-state index in [1.165, 1.54) is 50.7 Å². The van der Waals surface area contributed by atoms with Gasteiger partial charge in [-0.3, -0.25) is 0 Å². The minimum atomic E-state index is -5.13. The van der Waals surface area contributed by atoms with Crippen LogP contribution in [0.1, 0.15) is 63.0 Å². The highest BCUT2D eigenvalue weighted by Crippen LogP contribution is 2.36. The number of ether oxygens (including phenoxy) is 2. The summed E-state index contributed by atoms with van der Waals surface area (Å²) in [6, 6.07) is 7.66. The van der Waals surface area contributed by atoms with Crippen molar-refractivity contribution in [1.82, 2.24) is 0 Å². The summed E-state index contributed by atoms with van der Waals surface area (Å²) in [7, 11) is 0. The molecule has 0 aromatic heterocycles. The third-order valence-corrected chi connectivity index (χ3v) is 6.17. The number of aryl methyl sites for hydroxylation is 1. The largest absolute Gasteiger partial charge is 0.573 e. The predicted molar refractivity (Wildman–Crippen MR) is 113 cm³/mol. The Morgan fingerprint density at radius 3 is 1.97 bits per heavy atom. The van der Waals surface area contributed by atoms with Crippen molar-refractivity contribution in [2.75, 3.05) is 0 Å². The summed E-state index contributed by atoms with van der Waals surface area (Å²) in [5.41, 5.74) is 0.0957. The zero-order chi connectivity index (χ0) is 24.1. The van der Waals surface area contributed by atoms with Crippen LogP contribution in [0.5, 0.6) is 11.5 Å². The Kier molecular flexibility index (Phi) is 8.19. The van der Waals surface area contributed by atoms with Gasteiger partial charge in [0.2, 0.25) is 0 Å². The molecule has 8 heteroatoms. The first-order valence-electron chi connectivity index (χ1n) is 11.3. The summed E-state index contributed by atoms with van der Waals surface area (Å²) in [6.45, 7) is 2.22. The highest BCUT2D eigenvalue weighted by atomic mass is 19.4. The molecule has 3 rings (SSSR count). The third-order valence-electron chi connectivity index (χ3n) is 6.17. The fraction of sp³-hybridized carbons (Fsp3) is 0.520. The molecule has 2 aromatic rings. The maximum Gasteiger partial charge on any atom is 0.573 e. The molecule has 33 heavy (non-hydrogen) atoms. The summed E-state index contributed by atoms with van der Waals surface area (Å²) >= 11 is 0. The molecule has 1 fully saturated rings. The Bertz CT molecular complexity index is 887. The molecule has 0 saturated heterocycles. The first-order valence-corrected chi connectivity index (χ1v) is 11.3. The summed E-state index contributed by atoms with van der Waals surface area (Å²) < 4.78 is 87.4. The number of hydrogen-bond donors (Lipinski definition) is 0. The van der Waals surface area contributed by atoms with Crippen molar-refractivity contribution < 1.29 is 35.8 Å². The second-order valence-corrected chi connectivity index (χ2v) is 8.67. The molecule has 0 bridgehead atoms. The normalized spacial score (nSPS) is 19.4. The van der Waals surface area contributed by atoms with E-state index in [2.05, 4.69) is 11.7 Å². The van der Waals surface area contributed by atoms with Gasteiger partial charge in [-0.15, -0.1) is 13.2 Å². The molecule has 0 atom stereocenters. The van der Waals surface area contributed by atoms with Crippen molar-refractivity contribution in [1.29, 1.82) is 0 Å². The van der Waals surface area contributed by atoms with E-state index in [4.69, 9.17) is 4.74 Å². The van der Waals surface area contributed by atoms with Crippen LogP contribution in [-0.4, -0.2) is 6.36 Å². The first-order chi connectivity index (χ1) is 15.6. The van der Waals surface area contributed by atoms with E-state index in [-0.39, 0.29) is 11.8 Å². The lowest BCUT2D eigenvalue weighted by Gasteiger charge is -2.28. The van der Waals surface area contributed by atoms with Crippen LogP contribution < -0.4 is 9.47 Å². The average Bonchev–Trinajstić information content (AvgIpc) is 2.75. The summed E-state index contributed by atoms with van der Waals surface area (Å²) in [5.74, 6) is -1.33. The topological polar surface area (TPSA) is 18.5 Å². The number of rotatable bonds is 9. The molecule has 0 unspecified atom stereocenters. The molecule has 0 spiro atoms. The monoisotopic (exact) mass is 474 g/mol. The molecule has 0 heterocycles. The molecule has 0 N–H and O–H groups in total. The van der Waals surface area contributed by atoms with Crippen molar-refractivity contribution in [2.24, 2.45) is 11.8 Å². The minimum absolute atomic E-state index is 0.125. The van der Waals surface area contributed by atoms with E-state index >= 15 is 0 Å². The highest BCUT2D eigenvalue weighted by molar-refractivity contribution is 5.33. The first kappa shape index (κ1) is 25.2. The number of benzene rings is 2. The molecular formula is C25H28F6O2. The van der Waals surface area contributed by atoms with Crippen LogP contribution in [0.4, 0.5) is 26.3 Å². The van der Waals surface area contributed by atoms with Crippen molar-refractivity contribution >= 4 is 0 Å². The minimum Gasteiger partial charge on any atom is -0.429 e. The molecule has 2 nitrogen and oxygen atoms in total. The smallest absolute Gasteiger partial charge is 0.429 e. The SMILES string of the molecule is CCCC1CCC(CCc2ccc(OC(F)(F)c3ccc(OC(F)(F)F)c(F)c3)cc2)CC1. The number of hydrogen-bond acceptors (Lipinski definition) is 2. The molecule has 1 saturated carbocycles.